The number of hydrogen-bond donors (Lipinski definition) is 1. The summed E-state index contributed by atoms with van der Waals surface area (Å²) >= 11 is 8.00. The van der Waals surface area contributed by atoms with E-state index in [0.717, 1.165) is 36.0 Å². The van der Waals surface area contributed by atoms with Gasteiger partial charge in [-0.1, -0.05) is 36.7 Å². The van der Waals surface area contributed by atoms with Gasteiger partial charge in [-0.3, -0.25) is 0 Å². The molecule has 0 aliphatic carbocycles. The molecule has 0 radical (unpaired) electrons. The van der Waals surface area contributed by atoms with Gasteiger partial charge in [0.2, 0.25) is 0 Å². The van der Waals surface area contributed by atoms with Gasteiger partial charge < -0.3 is 5.32 Å². The average molecular weight is 309 g/mol. The van der Waals surface area contributed by atoms with E-state index in [2.05, 4.69) is 41.7 Å². The molecule has 0 saturated carbocycles. The Morgan fingerprint density at radius 3 is 2.75 bits per heavy atom. The summed E-state index contributed by atoms with van der Waals surface area (Å²) in [6.07, 6.45) is 1.99. The second-order valence-electron chi connectivity index (χ2n) is 5.03. The molecule has 0 saturated heterocycles. The smallest absolute Gasteiger partial charge is 0.0897 e. The molecule has 1 aromatic heterocycles. The number of thiazole rings is 1. The third-order valence-electron chi connectivity index (χ3n) is 3.31. The van der Waals surface area contributed by atoms with Crippen molar-refractivity contribution >= 4 is 22.9 Å². The predicted octanol–water partition coefficient (Wildman–Crippen LogP) is 4.12. The highest BCUT2D eigenvalue weighted by Gasteiger charge is 2.13. The quantitative estimate of drug-likeness (QED) is 0.832. The van der Waals surface area contributed by atoms with E-state index < -0.39 is 0 Å². The monoisotopic (exact) mass is 308 g/mol. The zero-order valence-electron chi connectivity index (χ0n) is 12.0. The number of aromatic nitrogens is 1. The van der Waals surface area contributed by atoms with Crippen LogP contribution in [0.2, 0.25) is 5.02 Å². The van der Waals surface area contributed by atoms with Crippen LogP contribution < -0.4 is 5.32 Å². The summed E-state index contributed by atoms with van der Waals surface area (Å²) in [5, 5.41) is 7.62. The summed E-state index contributed by atoms with van der Waals surface area (Å²) in [6, 6.07) is 8.12. The minimum Gasteiger partial charge on any atom is -0.317 e. The molecule has 4 heteroatoms. The first-order valence-electron chi connectivity index (χ1n) is 7.04. The predicted molar refractivity (Wildman–Crippen MR) is 87.7 cm³/mol. The highest BCUT2D eigenvalue weighted by Crippen LogP contribution is 2.21. The van der Waals surface area contributed by atoms with Crippen molar-refractivity contribution in [3.63, 3.8) is 0 Å². The molecule has 0 aliphatic rings. The minimum absolute atomic E-state index is 0.524. The lowest BCUT2D eigenvalue weighted by molar-refractivity contribution is 0.474. The number of hydrogen-bond acceptors (Lipinski definition) is 3. The molecule has 1 aromatic carbocycles. The van der Waals surface area contributed by atoms with Crippen molar-refractivity contribution in [2.75, 3.05) is 13.1 Å². The molecule has 20 heavy (non-hydrogen) atoms. The lowest BCUT2D eigenvalue weighted by atomic mass is 9.95. The van der Waals surface area contributed by atoms with Crippen LogP contribution in [0.15, 0.2) is 29.6 Å². The largest absolute Gasteiger partial charge is 0.317 e. The van der Waals surface area contributed by atoms with Crippen molar-refractivity contribution in [2.45, 2.75) is 26.7 Å². The van der Waals surface area contributed by atoms with Crippen LogP contribution >= 0.6 is 22.9 Å². The van der Waals surface area contributed by atoms with Crippen LogP contribution in [0, 0.1) is 12.8 Å². The highest BCUT2D eigenvalue weighted by molar-refractivity contribution is 7.09. The van der Waals surface area contributed by atoms with Gasteiger partial charge >= 0.3 is 0 Å². The molecular formula is C16H21ClN2S. The number of aryl methyl sites for hydroxylation is 1. The second kappa shape index (κ2) is 7.77. The van der Waals surface area contributed by atoms with E-state index in [1.807, 2.05) is 12.1 Å². The van der Waals surface area contributed by atoms with E-state index in [1.54, 1.807) is 11.3 Å². The van der Waals surface area contributed by atoms with Crippen LogP contribution in [-0.4, -0.2) is 18.1 Å². The Bertz CT molecular complexity index is 539. The number of nitrogens with one attached hydrogen (secondary N) is 1. The molecule has 0 bridgehead atoms. The first-order chi connectivity index (χ1) is 9.69. The SMILES string of the molecule is CCNCC(Cc1csc(C)n1)Cc1ccccc1Cl. The van der Waals surface area contributed by atoms with Crippen LogP contribution in [0.5, 0.6) is 0 Å². The molecule has 1 atom stereocenters. The molecule has 2 nitrogen and oxygen atoms in total. The van der Waals surface area contributed by atoms with Crippen molar-refractivity contribution in [1.29, 1.82) is 0 Å². The summed E-state index contributed by atoms with van der Waals surface area (Å²) in [5.74, 6) is 0.524. The summed E-state index contributed by atoms with van der Waals surface area (Å²) in [7, 11) is 0. The van der Waals surface area contributed by atoms with Crippen LogP contribution in [0.1, 0.15) is 23.2 Å². The van der Waals surface area contributed by atoms with E-state index in [-0.39, 0.29) is 0 Å². The van der Waals surface area contributed by atoms with E-state index in [9.17, 15) is 0 Å². The topological polar surface area (TPSA) is 24.9 Å². The number of benzene rings is 1. The average Bonchev–Trinajstić information content (AvgIpc) is 2.84. The van der Waals surface area contributed by atoms with E-state index in [4.69, 9.17) is 11.6 Å². The van der Waals surface area contributed by atoms with Crippen molar-refractivity contribution in [2.24, 2.45) is 5.92 Å². The Morgan fingerprint density at radius 1 is 1.30 bits per heavy atom. The summed E-state index contributed by atoms with van der Waals surface area (Å²) in [6.45, 7) is 6.19. The third kappa shape index (κ3) is 4.58. The van der Waals surface area contributed by atoms with Gasteiger partial charge in [0.05, 0.1) is 10.7 Å². The molecule has 0 aliphatic heterocycles. The third-order valence-corrected chi connectivity index (χ3v) is 4.50. The number of halogens is 1. The lowest BCUT2D eigenvalue weighted by Gasteiger charge is -2.17. The molecule has 2 aromatic rings. The Balaban J connectivity index is 2.05. The fraction of sp³-hybridized carbons (Fsp3) is 0.438. The van der Waals surface area contributed by atoms with Gasteiger partial charge in [0, 0.05) is 10.4 Å². The summed E-state index contributed by atoms with van der Waals surface area (Å²) in [4.78, 5) is 4.58. The zero-order valence-corrected chi connectivity index (χ0v) is 13.6. The van der Waals surface area contributed by atoms with Gasteiger partial charge in [-0.05, 0) is 50.4 Å². The molecule has 0 spiro atoms. The Kier molecular flexibility index (Phi) is 6.02. The van der Waals surface area contributed by atoms with Crippen LogP contribution in [0.25, 0.3) is 0 Å². The van der Waals surface area contributed by atoms with Crippen LogP contribution in [0.3, 0.4) is 0 Å². The lowest BCUT2D eigenvalue weighted by Crippen LogP contribution is -2.25. The Hall–Kier alpha value is -0.900. The van der Waals surface area contributed by atoms with Gasteiger partial charge in [0.25, 0.3) is 0 Å². The van der Waals surface area contributed by atoms with Gasteiger partial charge in [-0.25, -0.2) is 4.98 Å². The Morgan fingerprint density at radius 2 is 2.10 bits per heavy atom. The van der Waals surface area contributed by atoms with Gasteiger partial charge in [-0.15, -0.1) is 11.3 Å². The molecule has 0 fully saturated rings. The van der Waals surface area contributed by atoms with Crippen molar-refractivity contribution in [3.05, 3.63) is 50.9 Å². The van der Waals surface area contributed by atoms with Crippen molar-refractivity contribution in [1.82, 2.24) is 10.3 Å². The van der Waals surface area contributed by atoms with Gasteiger partial charge in [0.1, 0.15) is 0 Å². The highest BCUT2D eigenvalue weighted by atomic mass is 35.5. The van der Waals surface area contributed by atoms with E-state index in [0.29, 0.717) is 5.92 Å². The fourth-order valence-electron chi connectivity index (χ4n) is 2.34. The molecule has 1 heterocycles. The molecule has 2 rings (SSSR count). The standard InChI is InChI=1S/C16H21ClN2S/c1-3-18-10-13(9-15-11-20-12(2)19-15)8-14-6-4-5-7-16(14)17/h4-7,11,13,18H,3,8-10H2,1-2H3. The maximum Gasteiger partial charge on any atom is 0.0897 e. The van der Waals surface area contributed by atoms with E-state index in [1.165, 1.54) is 11.3 Å². The van der Waals surface area contributed by atoms with Gasteiger partial charge in [0.15, 0.2) is 0 Å². The summed E-state index contributed by atoms with van der Waals surface area (Å²) < 4.78 is 0. The first-order valence-corrected chi connectivity index (χ1v) is 8.30. The molecule has 0 amide bonds. The molecule has 1 unspecified atom stereocenters. The zero-order chi connectivity index (χ0) is 14.4. The molecular weight excluding hydrogens is 288 g/mol. The number of nitrogens with zero attached hydrogens (tertiary/aromatic N) is 1. The fourth-order valence-corrected chi connectivity index (χ4v) is 3.18. The Labute approximate surface area is 130 Å². The maximum absolute atomic E-state index is 6.28. The van der Waals surface area contributed by atoms with Gasteiger partial charge in [-0.2, -0.15) is 0 Å². The minimum atomic E-state index is 0.524. The normalized spacial score (nSPS) is 12.6. The van der Waals surface area contributed by atoms with Crippen LogP contribution in [-0.2, 0) is 12.8 Å². The maximum atomic E-state index is 6.28. The van der Waals surface area contributed by atoms with Crippen LogP contribution in [0.4, 0.5) is 0 Å². The number of rotatable bonds is 7. The van der Waals surface area contributed by atoms with Crippen molar-refractivity contribution in [3.8, 4) is 0 Å². The molecule has 108 valence electrons. The molecule has 1 N–H and O–H groups in total. The van der Waals surface area contributed by atoms with E-state index >= 15 is 0 Å². The second-order valence-corrected chi connectivity index (χ2v) is 6.50. The summed E-state index contributed by atoms with van der Waals surface area (Å²) in [5.41, 5.74) is 2.42. The first kappa shape index (κ1) is 15.5. The van der Waals surface area contributed by atoms with Crippen molar-refractivity contribution < 1.29 is 0 Å².